The Morgan fingerprint density at radius 1 is 1.55 bits per heavy atom. The number of hydrazone groups is 1. The van der Waals surface area contributed by atoms with Crippen LogP contribution in [-0.2, 0) is 9.53 Å². The largest absolute Gasteiger partial charge is 0.509 e. The maximum absolute atomic E-state index is 11.8. The molecule has 0 aromatic heterocycles. The molecule has 0 aromatic rings. The van der Waals surface area contributed by atoms with Crippen LogP contribution in [0.15, 0.2) is 16.4 Å². The van der Waals surface area contributed by atoms with Gasteiger partial charge in [0.2, 0.25) is 0 Å². The molecule has 0 aromatic carbocycles. The first-order chi connectivity index (χ1) is 9.36. The van der Waals surface area contributed by atoms with E-state index in [1.165, 1.54) is 6.92 Å². The van der Waals surface area contributed by atoms with Crippen LogP contribution in [0.2, 0.25) is 0 Å². The van der Waals surface area contributed by atoms with Crippen LogP contribution in [0, 0.1) is 5.92 Å². The molecule has 1 atom stereocenters. The Labute approximate surface area is 118 Å². The van der Waals surface area contributed by atoms with Gasteiger partial charge in [0.25, 0.3) is 5.91 Å². The lowest BCUT2D eigenvalue weighted by Crippen LogP contribution is -2.30. The molecule has 0 saturated heterocycles. The number of hydrogen-bond donors (Lipinski definition) is 3. The van der Waals surface area contributed by atoms with Gasteiger partial charge in [-0.1, -0.05) is 13.8 Å². The Morgan fingerprint density at radius 3 is 2.75 bits per heavy atom. The highest BCUT2D eigenvalue weighted by atomic mass is 16.5. The van der Waals surface area contributed by atoms with Gasteiger partial charge >= 0.3 is 6.09 Å². The molecule has 0 aliphatic carbocycles. The summed E-state index contributed by atoms with van der Waals surface area (Å²) in [5.41, 5.74) is 2.50. The molecule has 7 nitrogen and oxygen atoms in total. The molecule has 112 valence electrons. The van der Waals surface area contributed by atoms with Gasteiger partial charge in [0, 0.05) is 0 Å². The zero-order valence-electron chi connectivity index (χ0n) is 12.2. The Kier molecular flexibility index (Phi) is 5.54. The van der Waals surface area contributed by atoms with E-state index >= 15 is 0 Å². The van der Waals surface area contributed by atoms with Crippen molar-refractivity contribution in [1.82, 2.24) is 10.7 Å². The molecular formula is C13H21N3O4. The number of ether oxygens (including phenoxy) is 1. The van der Waals surface area contributed by atoms with Crippen molar-refractivity contribution >= 4 is 17.7 Å². The monoisotopic (exact) mass is 283 g/mol. The first kappa shape index (κ1) is 16.0. The predicted molar refractivity (Wildman–Crippen MR) is 74.3 cm³/mol. The van der Waals surface area contributed by atoms with Crippen molar-refractivity contribution in [2.75, 3.05) is 6.61 Å². The van der Waals surface area contributed by atoms with E-state index < -0.39 is 12.1 Å². The van der Waals surface area contributed by atoms with Gasteiger partial charge in [-0.05, 0) is 26.2 Å². The third kappa shape index (κ3) is 3.97. The summed E-state index contributed by atoms with van der Waals surface area (Å²) in [6.45, 7) is 7.44. The standard InChI is InChI=1S/C13H21N3O4/c1-5-20-13(19)16-15-8(4)10-11(17)9(6-7(2)3)14-12(10)18/h7,9,17H,5-6H2,1-4H3,(H,14,18)(H,16,19)/b15-8+. The van der Waals surface area contributed by atoms with Crippen molar-refractivity contribution in [1.29, 1.82) is 0 Å². The van der Waals surface area contributed by atoms with Gasteiger partial charge < -0.3 is 15.2 Å². The summed E-state index contributed by atoms with van der Waals surface area (Å²) < 4.78 is 4.65. The molecule has 0 fully saturated rings. The van der Waals surface area contributed by atoms with Crippen LogP contribution in [0.1, 0.15) is 34.1 Å². The van der Waals surface area contributed by atoms with Crippen LogP contribution >= 0.6 is 0 Å². The molecular weight excluding hydrogens is 262 g/mol. The van der Waals surface area contributed by atoms with Gasteiger partial charge in [0.1, 0.15) is 11.3 Å². The van der Waals surface area contributed by atoms with Crippen LogP contribution in [0.5, 0.6) is 0 Å². The summed E-state index contributed by atoms with van der Waals surface area (Å²) in [6.07, 6.45) is -0.0660. The Balaban J connectivity index is 2.82. The Bertz CT molecular complexity index is 455. The van der Waals surface area contributed by atoms with Crippen LogP contribution in [-0.4, -0.2) is 35.5 Å². The fourth-order valence-corrected chi connectivity index (χ4v) is 1.93. The number of aliphatic hydroxyl groups excluding tert-OH is 1. The maximum Gasteiger partial charge on any atom is 0.427 e. The first-order valence-corrected chi connectivity index (χ1v) is 6.58. The maximum atomic E-state index is 11.8. The van der Waals surface area contributed by atoms with Gasteiger partial charge in [-0.25, -0.2) is 10.2 Å². The third-order valence-electron chi connectivity index (χ3n) is 2.78. The van der Waals surface area contributed by atoms with Crippen molar-refractivity contribution in [2.24, 2.45) is 11.0 Å². The number of rotatable bonds is 5. The quantitative estimate of drug-likeness (QED) is 0.525. The first-order valence-electron chi connectivity index (χ1n) is 6.58. The van der Waals surface area contributed by atoms with Gasteiger partial charge in [0.05, 0.1) is 18.4 Å². The Hall–Kier alpha value is -2.05. The van der Waals surface area contributed by atoms with Crippen molar-refractivity contribution in [3.63, 3.8) is 0 Å². The predicted octanol–water partition coefficient (Wildman–Crippen LogP) is 1.47. The second-order valence-electron chi connectivity index (χ2n) is 4.95. The molecule has 1 unspecified atom stereocenters. The van der Waals surface area contributed by atoms with Gasteiger partial charge in [-0.2, -0.15) is 5.10 Å². The van der Waals surface area contributed by atoms with Crippen LogP contribution in [0.4, 0.5) is 4.79 Å². The molecule has 20 heavy (non-hydrogen) atoms. The molecule has 1 heterocycles. The van der Waals surface area contributed by atoms with E-state index in [0.717, 1.165) is 0 Å². The van der Waals surface area contributed by atoms with E-state index in [0.29, 0.717) is 12.3 Å². The average Bonchev–Trinajstić information content (AvgIpc) is 2.61. The minimum atomic E-state index is -0.705. The van der Waals surface area contributed by atoms with Crippen LogP contribution in [0.25, 0.3) is 0 Å². The summed E-state index contributed by atoms with van der Waals surface area (Å²) in [4.78, 5) is 23.0. The second-order valence-corrected chi connectivity index (χ2v) is 4.95. The van der Waals surface area contributed by atoms with Crippen LogP contribution in [0.3, 0.4) is 0 Å². The second kappa shape index (κ2) is 6.93. The highest BCUT2D eigenvalue weighted by Crippen LogP contribution is 2.21. The van der Waals surface area contributed by atoms with E-state index in [-0.39, 0.29) is 29.6 Å². The number of amides is 2. The summed E-state index contributed by atoms with van der Waals surface area (Å²) in [6, 6.07) is -0.398. The molecule has 0 saturated carbocycles. The molecule has 1 rings (SSSR count). The fraction of sp³-hybridized carbons (Fsp3) is 0.615. The lowest BCUT2D eigenvalue weighted by atomic mass is 10.0. The minimum Gasteiger partial charge on any atom is -0.509 e. The number of carbonyl (C=O) groups excluding carboxylic acids is 2. The van der Waals surface area contributed by atoms with Crippen LogP contribution < -0.4 is 10.7 Å². The van der Waals surface area contributed by atoms with Gasteiger partial charge in [-0.15, -0.1) is 0 Å². The van der Waals surface area contributed by atoms with E-state index in [4.69, 9.17) is 0 Å². The highest BCUT2D eigenvalue weighted by Gasteiger charge is 2.33. The van der Waals surface area contributed by atoms with Crippen molar-refractivity contribution in [3.8, 4) is 0 Å². The summed E-state index contributed by atoms with van der Waals surface area (Å²) in [5, 5.41) is 16.5. The van der Waals surface area contributed by atoms with Gasteiger partial charge in [0.15, 0.2) is 0 Å². The minimum absolute atomic E-state index is 0.0318. The number of hydrogen-bond acceptors (Lipinski definition) is 5. The van der Waals surface area contributed by atoms with E-state index in [9.17, 15) is 14.7 Å². The normalized spacial score (nSPS) is 19.4. The zero-order chi connectivity index (χ0) is 15.3. The molecule has 0 spiro atoms. The molecule has 1 aliphatic heterocycles. The third-order valence-corrected chi connectivity index (χ3v) is 2.78. The number of nitrogens with one attached hydrogen (secondary N) is 2. The number of carbonyl (C=O) groups is 2. The van der Waals surface area contributed by atoms with Gasteiger partial charge in [-0.3, -0.25) is 4.79 Å². The lowest BCUT2D eigenvalue weighted by Gasteiger charge is -2.13. The summed E-state index contributed by atoms with van der Waals surface area (Å²) >= 11 is 0. The number of aliphatic hydroxyl groups is 1. The van der Waals surface area contributed by atoms with Crippen molar-refractivity contribution in [2.45, 2.75) is 40.2 Å². The SMILES string of the molecule is CCOC(=O)N/N=C(\C)C1=C(O)C(CC(C)C)NC1=O. The molecule has 0 radical (unpaired) electrons. The number of nitrogens with zero attached hydrogens (tertiary/aromatic N) is 1. The summed E-state index contributed by atoms with van der Waals surface area (Å²) in [5.74, 6) is -0.0904. The molecule has 0 bridgehead atoms. The van der Waals surface area contributed by atoms with Crippen molar-refractivity contribution < 1.29 is 19.4 Å². The lowest BCUT2D eigenvalue weighted by molar-refractivity contribution is -0.116. The highest BCUT2D eigenvalue weighted by molar-refractivity contribution is 6.22. The van der Waals surface area contributed by atoms with Crippen molar-refractivity contribution in [3.05, 3.63) is 11.3 Å². The van der Waals surface area contributed by atoms with E-state index in [2.05, 4.69) is 20.6 Å². The molecule has 3 N–H and O–H groups in total. The zero-order valence-corrected chi connectivity index (χ0v) is 12.2. The fourth-order valence-electron chi connectivity index (χ4n) is 1.93. The van der Waals surface area contributed by atoms with E-state index in [1.807, 2.05) is 13.8 Å². The Morgan fingerprint density at radius 2 is 2.20 bits per heavy atom. The molecule has 1 aliphatic rings. The molecule has 2 amide bonds. The summed E-state index contributed by atoms with van der Waals surface area (Å²) in [7, 11) is 0. The topological polar surface area (TPSA) is 100 Å². The molecule has 7 heteroatoms. The average molecular weight is 283 g/mol. The van der Waals surface area contributed by atoms with E-state index in [1.54, 1.807) is 6.92 Å². The smallest absolute Gasteiger partial charge is 0.427 e.